The molecular weight excluding hydrogens is 328 g/mol. The summed E-state index contributed by atoms with van der Waals surface area (Å²) >= 11 is 0. The smallest absolute Gasteiger partial charge is 0.373 e. The Bertz CT molecular complexity index is 751. The first kappa shape index (κ1) is 18.1. The van der Waals surface area contributed by atoms with Gasteiger partial charge in [-0.1, -0.05) is 0 Å². The van der Waals surface area contributed by atoms with Crippen LogP contribution in [0.4, 0.5) is 0 Å². The van der Waals surface area contributed by atoms with E-state index in [2.05, 4.69) is 4.74 Å². The fourth-order valence-electron chi connectivity index (χ4n) is 1.95. The average Bonchev–Trinajstić information content (AvgIpc) is 3.12. The van der Waals surface area contributed by atoms with E-state index < -0.39 is 11.9 Å². The molecule has 1 aromatic carbocycles. The van der Waals surface area contributed by atoms with E-state index in [1.165, 1.54) is 25.3 Å². The van der Waals surface area contributed by atoms with E-state index in [-0.39, 0.29) is 12.4 Å². The van der Waals surface area contributed by atoms with Crippen molar-refractivity contribution in [1.29, 1.82) is 0 Å². The molecule has 0 fully saturated rings. The van der Waals surface area contributed by atoms with E-state index in [0.717, 1.165) is 5.56 Å². The number of carbonyl (C=O) groups is 2. The van der Waals surface area contributed by atoms with Gasteiger partial charge in [-0.15, -0.1) is 0 Å². The number of hydrogen-bond donors (Lipinski definition) is 0. The second kappa shape index (κ2) is 8.58. The molecule has 0 aliphatic carbocycles. The van der Waals surface area contributed by atoms with E-state index in [9.17, 15) is 9.59 Å². The molecule has 132 valence electrons. The molecule has 0 radical (unpaired) electrons. The van der Waals surface area contributed by atoms with Gasteiger partial charge in [0.2, 0.25) is 5.76 Å². The summed E-state index contributed by atoms with van der Waals surface area (Å²) < 4.78 is 25.1. The maximum Gasteiger partial charge on any atom is 0.373 e. The molecule has 1 heterocycles. The van der Waals surface area contributed by atoms with Crippen LogP contribution in [0.5, 0.6) is 11.5 Å². The van der Waals surface area contributed by atoms with Crippen molar-refractivity contribution in [3.05, 3.63) is 53.5 Å². The number of benzene rings is 1. The predicted molar refractivity (Wildman–Crippen MR) is 88.4 cm³/mol. The zero-order chi connectivity index (χ0) is 18.2. The SMILES string of the molecule is COC(=O)c1ccc(COC(=O)/C=C/c2cc(OC)cc(OC)c2)o1. The van der Waals surface area contributed by atoms with Crippen molar-refractivity contribution in [2.75, 3.05) is 21.3 Å². The largest absolute Gasteiger partial charge is 0.497 e. The third-order valence-electron chi connectivity index (χ3n) is 3.19. The Morgan fingerprint density at radius 3 is 2.32 bits per heavy atom. The quantitative estimate of drug-likeness (QED) is 0.563. The highest BCUT2D eigenvalue weighted by Gasteiger charge is 2.11. The van der Waals surface area contributed by atoms with E-state index in [0.29, 0.717) is 17.3 Å². The molecule has 2 rings (SSSR count). The van der Waals surface area contributed by atoms with Crippen molar-refractivity contribution in [3.63, 3.8) is 0 Å². The van der Waals surface area contributed by atoms with Crippen LogP contribution < -0.4 is 9.47 Å². The van der Waals surface area contributed by atoms with Crippen LogP contribution in [-0.2, 0) is 20.9 Å². The zero-order valence-electron chi connectivity index (χ0n) is 14.1. The van der Waals surface area contributed by atoms with Crippen LogP contribution in [0.25, 0.3) is 6.08 Å². The van der Waals surface area contributed by atoms with Gasteiger partial charge < -0.3 is 23.4 Å². The molecule has 0 bridgehead atoms. The lowest BCUT2D eigenvalue weighted by molar-refractivity contribution is -0.139. The maximum absolute atomic E-state index is 11.8. The number of furan rings is 1. The summed E-state index contributed by atoms with van der Waals surface area (Å²) in [6, 6.07) is 8.22. The fraction of sp³-hybridized carbons (Fsp3) is 0.222. The molecule has 0 aliphatic heterocycles. The van der Waals surface area contributed by atoms with E-state index in [1.54, 1.807) is 38.5 Å². The van der Waals surface area contributed by atoms with Crippen LogP contribution in [0.1, 0.15) is 21.9 Å². The second-order valence-electron chi connectivity index (χ2n) is 4.84. The number of rotatable bonds is 7. The van der Waals surface area contributed by atoms with Gasteiger partial charge >= 0.3 is 11.9 Å². The minimum absolute atomic E-state index is 0.0487. The van der Waals surface area contributed by atoms with Crippen LogP contribution in [0, 0.1) is 0 Å². The van der Waals surface area contributed by atoms with E-state index in [4.69, 9.17) is 18.6 Å². The molecular formula is C18H18O7. The molecule has 0 N–H and O–H groups in total. The molecule has 0 amide bonds. The molecule has 7 nitrogen and oxygen atoms in total. The predicted octanol–water partition coefficient (Wildman–Crippen LogP) is 2.84. The fourth-order valence-corrected chi connectivity index (χ4v) is 1.95. The lowest BCUT2D eigenvalue weighted by Crippen LogP contribution is -2.01. The molecule has 0 spiro atoms. The first-order valence-corrected chi connectivity index (χ1v) is 7.30. The number of ether oxygens (including phenoxy) is 4. The van der Waals surface area contributed by atoms with E-state index >= 15 is 0 Å². The summed E-state index contributed by atoms with van der Waals surface area (Å²) in [5, 5.41) is 0. The number of carbonyl (C=O) groups excluding carboxylic acids is 2. The summed E-state index contributed by atoms with van der Waals surface area (Å²) in [5.41, 5.74) is 0.721. The Hall–Kier alpha value is -3.22. The first-order valence-electron chi connectivity index (χ1n) is 7.30. The lowest BCUT2D eigenvalue weighted by Gasteiger charge is -2.05. The molecule has 25 heavy (non-hydrogen) atoms. The highest BCUT2D eigenvalue weighted by molar-refractivity contribution is 5.87. The van der Waals surface area contributed by atoms with Gasteiger partial charge in [-0.25, -0.2) is 9.59 Å². The van der Waals surface area contributed by atoms with Gasteiger partial charge in [-0.05, 0) is 35.9 Å². The van der Waals surface area contributed by atoms with Gasteiger partial charge in [0.15, 0.2) is 0 Å². The van der Waals surface area contributed by atoms with Crippen molar-refractivity contribution in [2.45, 2.75) is 6.61 Å². The summed E-state index contributed by atoms with van der Waals surface area (Å²) in [4.78, 5) is 23.1. The summed E-state index contributed by atoms with van der Waals surface area (Å²) in [7, 11) is 4.34. The highest BCUT2D eigenvalue weighted by Crippen LogP contribution is 2.23. The first-order chi connectivity index (χ1) is 12.0. The maximum atomic E-state index is 11.8. The van der Waals surface area contributed by atoms with Gasteiger partial charge in [0.05, 0.1) is 21.3 Å². The number of esters is 2. The molecule has 0 unspecified atom stereocenters. The van der Waals surface area contributed by atoms with Crippen molar-refractivity contribution >= 4 is 18.0 Å². The Morgan fingerprint density at radius 2 is 1.72 bits per heavy atom. The molecule has 2 aromatic rings. The third kappa shape index (κ3) is 5.13. The van der Waals surface area contributed by atoms with Gasteiger partial charge in [-0.3, -0.25) is 0 Å². The van der Waals surface area contributed by atoms with Crippen LogP contribution in [0.15, 0.2) is 40.8 Å². The molecule has 0 atom stereocenters. The summed E-state index contributed by atoms with van der Waals surface area (Å²) in [5.74, 6) is 0.455. The minimum atomic E-state index is -0.593. The Labute approximate surface area is 144 Å². The van der Waals surface area contributed by atoms with Crippen molar-refractivity contribution < 1.29 is 33.0 Å². The zero-order valence-corrected chi connectivity index (χ0v) is 14.1. The van der Waals surface area contributed by atoms with Crippen LogP contribution >= 0.6 is 0 Å². The summed E-state index contributed by atoms with van der Waals surface area (Å²) in [6.07, 6.45) is 2.85. The Kier molecular flexibility index (Phi) is 6.22. The van der Waals surface area contributed by atoms with Gasteiger partial charge in [-0.2, -0.15) is 0 Å². The third-order valence-corrected chi connectivity index (χ3v) is 3.19. The van der Waals surface area contributed by atoms with Gasteiger partial charge in [0.1, 0.15) is 23.9 Å². The van der Waals surface area contributed by atoms with Crippen LogP contribution in [0.2, 0.25) is 0 Å². The Morgan fingerprint density at radius 1 is 1.04 bits per heavy atom. The topological polar surface area (TPSA) is 84.2 Å². The van der Waals surface area contributed by atoms with Crippen LogP contribution in [-0.4, -0.2) is 33.3 Å². The minimum Gasteiger partial charge on any atom is -0.497 e. The van der Waals surface area contributed by atoms with Crippen LogP contribution in [0.3, 0.4) is 0 Å². The van der Waals surface area contributed by atoms with Crippen molar-refractivity contribution in [3.8, 4) is 11.5 Å². The normalized spacial score (nSPS) is 10.5. The number of methoxy groups -OCH3 is 3. The highest BCUT2D eigenvalue weighted by atomic mass is 16.5. The Balaban J connectivity index is 1.94. The van der Waals surface area contributed by atoms with E-state index in [1.807, 2.05) is 0 Å². The summed E-state index contributed by atoms with van der Waals surface area (Å²) in [6.45, 7) is -0.0956. The molecule has 7 heteroatoms. The molecule has 0 aliphatic rings. The molecule has 0 saturated carbocycles. The molecule has 1 aromatic heterocycles. The monoisotopic (exact) mass is 346 g/mol. The second-order valence-corrected chi connectivity index (χ2v) is 4.84. The molecule has 0 saturated heterocycles. The van der Waals surface area contributed by atoms with Gasteiger partial charge in [0.25, 0.3) is 0 Å². The standard InChI is InChI=1S/C18H18O7/c1-21-14-8-12(9-15(10-14)22-2)4-7-17(19)24-11-13-5-6-16(25-13)18(20)23-3/h4-10H,11H2,1-3H3/b7-4+. The van der Waals surface area contributed by atoms with Crippen molar-refractivity contribution in [2.24, 2.45) is 0 Å². The average molecular weight is 346 g/mol. The van der Waals surface area contributed by atoms with Crippen molar-refractivity contribution in [1.82, 2.24) is 0 Å². The lowest BCUT2D eigenvalue weighted by atomic mass is 10.2. The van der Waals surface area contributed by atoms with Gasteiger partial charge in [0, 0.05) is 12.1 Å². The number of hydrogen-bond acceptors (Lipinski definition) is 7.